The number of ether oxygens (including phenoxy) is 7. The average molecular weight is 876 g/mol. The van der Waals surface area contributed by atoms with Crippen LogP contribution in [-0.2, 0) is 66.1 Å². The number of carbonyl (C=O) groups is 1. The molecule has 5 aromatic rings. The lowest BCUT2D eigenvalue weighted by Gasteiger charge is -2.46. The number of rotatable bonds is 27. The summed E-state index contributed by atoms with van der Waals surface area (Å²) >= 11 is 0. The van der Waals surface area contributed by atoms with Gasteiger partial charge in [-0.2, -0.15) is 0 Å². The van der Waals surface area contributed by atoms with Gasteiger partial charge in [-0.1, -0.05) is 160 Å². The molecule has 0 aromatic heterocycles. The number of benzene rings is 5. The van der Waals surface area contributed by atoms with Gasteiger partial charge in [-0.3, -0.25) is 4.79 Å². The summed E-state index contributed by atoms with van der Waals surface area (Å²) in [5.41, 5.74) is 4.84. The first-order valence-electron chi connectivity index (χ1n) is 22.5. The Hall–Kier alpha value is -4.95. The van der Waals surface area contributed by atoms with Crippen LogP contribution in [0.4, 0.5) is 0 Å². The normalized spacial score (nSPS) is 20.0. The molecule has 5 aromatic carbocycles. The number of unbranched alkanes of at least 4 members (excludes halogenated alkanes) is 2. The third-order valence-corrected chi connectivity index (χ3v) is 11.3. The summed E-state index contributed by atoms with van der Waals surface area (Å²) in [7, 11) is 1.61. The summed E-state index contributed by atoms with van der Waals surface area (Å²) in [6.45, 7) is 3.10. The number of hydrogen-bond donors (Lipinski definition) is 3. The van der Waals surface area contributed by atoms with E-state index in [9.17, 15) is 15.0 Å². The molecule has 1 heterocycles. The van der Waals surface area contributed by atoms with Crippen LogP contribution in [0.2, 0.25) is 0 Å². The highest BCUT2D eigenvalue weighted by Gasteiger charge is 2.49. The van der Waals surface area contributed by atoms with Gasteiger partial charge in [0, 0.05) is 6.42 Å². The van der Waals surface area contributed by atoms with Gasteiger partial charge in [0.05, 0.1) is 58.9 Å². The molecular weight excluding hydrogens is 811 g/mol. The number of carbonyl (C=O) groups excluding carboxylic acids is 1. The maximum atomic E-state index is 13.6. The van der Waals surface area contributed by atoms with Crippen LogP contribution in [0, 0.1) is 0 Å². The van der Waals surface area contributed by atoms with Crippen molar-refractivity contribution in [1.82, 2.24) is 5.32 Å². The number of amides is 1. The van der Waals surface area contributed by atoms with E-state index in [1.807, 2.05) is 146 Å². The molecule has 1 aliphatic rings. The summed E-state index contributed by atoms with van der Waals surface area (Å²) < 4.78 is 45.6. The van der Waals surface area contributed by atoms with E-state index < -0.39 is 49.0 Å². The second-order valence-corrected chi connectivity index (χ2v) is 16.2. The molecule has 5 unspecified atom stereocenters. The summed E-state index contributed by atoms with van der Waals surface area (Å²) in [6.07, 6.45) is -2.89. The molecule has 0 bridgehead atoms. The molecular formula is C53H65NO10. The fraction of sp³-hybridized carbons (Fsp3) is 0.415. The third-order valence-electron chi connectivity index (χ3n) is 11.3. The summed E-state index contributed by atoms with van der Waals surface area (Å²) in [5, 5.41) is 25.9. The maximum absolute atomic E-state index is 13.6. The lowest BCUT2D eigenvalue weighted by atomic mass is 9.97. The fourth-order valence-electron chi connectivity index (χ4n) is 7.68. The van der Waals surface area contributed by atoms with E-state index in [0.717, 1.165) is 52.8 Å². The first-order valence-corrected chi connectivity index (χ1v) is 22.5. The van der Waals surface area contributed by atoms with E-state index in [4.69, 9.17) is 33.2 Å². The molecule has 0 radical (unpaired) electrons. The highest BCUT2D eigenvalue weighted by molar-refractivity contribution is 5.76. The van der Waals surface area contributed by atoms with Crippen LogP contribution < -0.4 is 10.1 Å². The fourth-order valence-corrected chi connectivity index (χ4v) is 7.68. The van der Waals surface area contributed by atoms with Gasteiger partial charge in [0.15, 0.2) is 6.29 Å². The molecule has 0 saturated carbocycles. The second kappa shape index (κ2) is 26.7. The topological polar surface area (TPSA) is 134 Å². The Morgan fingerprint density at radius 2 is 1.14 bits per heavy atom. The first kappa shape index (κ1) is 48.5. The Morgan fingerprint density at radius 1 is 0.625 bits per heavy atom. The van der Waals surface area contributed by atoms with Crippen LogP contribution in [0.1, 0.15) is 66.8 Å². The largest absolute Gasteiger partial charge is 0.497 e. The van der Waals surface area contributed by atoms with Gasteiger partial charge in [-0.15, -0.1) is 0 Å². The maximum Gasteiger partial charge on any atom is 0.220 e. The average Bonchev–Trinajstić information content (AvgIpc) is 3.34. The smallest absolute Gasteiger partial charge is 0.220 e. The Balaban J connectivity index is 1.29. The number of hydrogen-bond acceptors (Lipinski definition) is 10. The van der Waals surface area contributed by atoms with E-state index in [1.165, 1.54) is 0 Å². The molecule has 0 spiro atoms. The van der Waals surface area contributed by atoms with E-state index in [2.05, 4.69) is 12.2 Å². The Bertz CT molecular complexity index is 2010. The van der Waals surface area contributed by atoms with Crippen LogP contribution in [0.25, 0.3) is 0 Å². The number of aliphatic hydroxyl groups excluding tert-OH is 2. The number of methoxy groups -OCH3 is 1. The van der Waals surface area contributed by atoms with E-state index in [1.54, 1.807) is 7.11 Å². The van der Waals surface area contributed by atoms with Crippen molar-refractivity contribution >= 4 is 5.91 Å². The highest BCUT2D eigenvalue weighted by atomic mass is 16.7. The van der Waals surface area contributed by atoms with Crippen molar-refractivity contribution in [3.8, 4) is 5.75 Å². The zero-order chi connectivity index (χ0) is 44.8. The second-order valence-electron chi connectivity index (χ2n) is 16.2. The van der Waals surface area contributed by atoms with Gasteiger partial charge in [0.2, 0.25) is 5.91 Å². The Morgan fingerprint density at radius 3 is 1.67 bits per heavy atom. The van der Waals surface area contributed by atoms with Crippen LogP contribution in [0.5, 0.6) is 5.75 Å². The number of aliphatic hydroxyl groups is 2. The van der Waals surface area contributed by atoms with Gasteiger partial charge < -0.3 is 48.7 Å². The number of aryl methyl sites for hydroxylation is 1. The van der Waals surface area contributed by atoms with Crippen LogP contribution in [0.15, 0.2) is 146 Å². The zero-order valence-corrected chi connectivity index (χ0v) is 37.1. The first-order chi connectivity index (χ1) is 31.4. The molecule has 1 saturated heterocycles. The highest BCUT2D eigenvalue weighted by Crippen LogP contribution is 2.32. The molecule has 64 heavy (non-hydrogen) atoms. The molecule has 3 N–H and O–H groups in total. The molecule has 342 valence electrons. The Labute approximate surface area is 378 Å². The van der Waals surface area contributed by atoms with Crippen LogP contribution in [-0.4, -0.2) is 85.4 Å². The summed E-state index contributed by atoms with van der Waals surface area (Å²) in [6, 6.07) is 46.1. The molecule has 1 aliphatic heterocycles. The van der Waals surface area contributed by atoms with Crippen molar-refractivity contribution in [2.45, 2.75) is 121 Å². The SMILES string of the molecule is CCCCC[C@@H](O)[C@@H](O)[C@H](COC1OC(COCc2ccccc2)C(OCc2ccccc2)C(OCc2ccccc2)C1OCc1ccccc1)NC(=O)CCc1ccc(OC)cc1. The zero-order valence-electron chi connectivity index (χ0n) is 37.1. The van der Waals surface area contributed by atoms with Gasteiger partial charge in [-0.25, -0.2) is 0 Å². The molecule has 6 rings (SSSR count). The Kier molecular flexibility index (Phi) is 20.3. The quantitative estimate of drug-likeness (QED) is 0.0445. The standard InChI is InChI=1S/C53H65NO10/c1-3-4-9-26-46(55)49(57)45(54-48(56)32-29-39-27-30-44(58-2)31-28-39)37-63-53-52(62-36-43-24-16-8-17-25-43)51(61-35-42-22-14-7-15-23-42)50(60-34-41-20-12-6-13-21-41)47(64-53)38-59-33-40-18-10-5-11-19-40/h5-8,10-25,27-28,30-31,45-47,49-53,55,57H,3-4,9,26,29,32-38H2,1-2H3,(H,54,56)/t45-,46+,47?,49-,50?,51?,52?,53?/m0/s1. The third kappa shape index (κ3) is 15.6. The van der Waals surface area contributed by atoms with Crippen LogP contribution >= 0.6 is 0 Å². The monoisotopic (exact) mass is 875 g/mol. The van der Waals surface area contributed by atoms with Gasteiger partial charge in [-0.05, 0) is 52.8 Å². The van der Waals surface area contributed by atoms with Crippen LogP contribution in [0.3, 0.4) is 0 Å². The minimum absolute atomic E-state index is 0.134. The lowest BCUT2D eigenvalue weighted by molar-refractivity contribution is -0.330. The van der Waals surface area contributed by atoms with E-state index in [0.29, 0.717) is 19.4 Å². The molecule has 1 fully saturated rings. The van der Waals surface area contributed by atoms with Crippen molar-refractivity contribution in [2.24, 2.45) is 0 Å². The lowest BCUT2D eigenvalue weighted by Crippen LogP contribution is -2.62. The van der Waals surface area contributed by atoms with Crippen molar-refractivity contribution in [2.75, 3.05) is 20.3 Å². The van der Waals surface area contributed by atoms with Crippen molar-refractivity contribution < 1.29 is 48.2 Å². The predicted molar refractivity (Wildman–Crippen MR) is 245 cm³/mol. The number of nitrogens with one attached hydrogen (secondary N) is 1. The minimum atomic E-state index is -1.33. The van der Waals surface area contributed by atoms with Crippen molar-refractivity contribution in [1.29, 1.82) is 0 Å². The van der Waals surface area contributed by atoms with Crippen molar-refractivity contribution in [3.05, 3.63) is 173 Å². The van der Waals surface area contributed by atoms with E-state index >= 15 is 0 Å². The van der Waals surface area contributed by atoms with Gasteiger partial charge in [0.25, 0.3) is 0 Å². The molecule has 1 amide bonds. The predicted octanol–water partition coefficient (Wildman–Crippen LogP) is 8.13. The molecule has 0 aliphatic carbocycles. The molecule has 8 atom stereocenters. The molecule has 11 nitrogen and oxygen atoms in total. The van der Waals surface area contributed by atoms with Gasteiger partial charge in [0.1, 0.15) is 36.3 Å². The van der Waals surface area contributed by atoms with Crippen molar-refractivity contribution in [3.63, 3.8) is 0 Å². The summed E-state index contributed by atoms with van der Waals surface area (Å²) in [5.74, 6) is 0.435. The van der Waals surface area contributed by atoms with E-state index in [-0.39, 0.29) is 45.4 Å². The van der Waals surface area contributed by atoms with Gasteiger partial charge >= 0.3 is 0 Å². The molecule has 11 heteroatoms. The minimum Gasteiger partial charge on any atom is -0.497 e. The summed E-state index contributed by atoms with van der Waals surface area (Å²) in [4.78, 5) is 13.6.